The van der Waals surface area contributed by atoms with Crippen LogP contribution in [0.15, 0.2) is 17.0 Å². The SMILES string of the molecule is CC(CNS(=O)(=O)c1ccc(F)c(CO)c1F)N(C)C. The molecule has 114 valence electrons. The summed E-state index contributed by atoms with van der Waals surface area (Å²) in [7, 11) is -0.540. The zero-order valence-corrected chi connectivity index (χ0v) is 12.3. The molecule has 0 radical (unpaired) electrons. The highest BCUT2D eigenvalue weighted by atomic mass is 32.2. The Bertz CT molecular complexity index is 576. The van der Waals surface area contributed by atoms with Crippen molar-refractivity contribution in [2.45, 2.75) is 24.5 Å². The number of hydrogen-bond donors (Lipinski definition) is 2. The van der Waals surface area contributed by atoms with Gasteiger partial charge in [-0.15, -0.1) is 0 Å². The molecule has 1 aromatic carbocycles. The highest BCUT2D eigenvalue weighted by molar-refractivity contribution is 7.89. The third kappa shape index (κ3) is 3.72. The predicted molar refractivity (Wildman–Crippen MR) is 70.6 cm³/mol. The number of nitrogens with one attached hydrogen (secondary N) is 1. The van der Waals surface area contributed by atoms with Crippen LogP contribution in [0.2, 0.25) is 0 Å². The summed E-state index contributed by atoms with van der Waals surface area (Å²) in [4.78, 5) is 1.12. The van der Waals surface area contributed by atoms with Crippen LogP contribution in [0.3, 0.4) is 0 Å². The largest absolute Gasteiger partial charge is 0.391 e. The van der Waals surface area contributed by atoms with Gasteiger partial charge in [0.15, 0.2) is 5.82 Å². The van der Waals surface area contributed by atoms with Gasteiger partial charge in [0.25, 0.3) is 0 Å². The third-order valence-electron chi connectivity index (χ3n) is 3.05. The number of nitrogens with zero attached hydrogens (tertiary/aromatic N) is 1. The standard InChI is InChI=1S/C12H18F2N2O3S/c1-8(16(2)3)6-15-20(18,19)11-5-4-10(13)9(7-17)12(11)14/h4-5,8,15,17H,6-7H2,1-3H3. The van der Waals surface area contributed by atoms with Gasteiger partial charge in [-0.05, 0) is 33.2 Å². The van der Waals surface area contributed by atoms with Gasteiger partial charge in [0.1, 0.15) is 10.7 Å². The van der Waals surface area contributed by atoms with Crippen molar-refractivity contribution in [2.75, 3.05) is 20.6 Å². The molecule has 0 heterocycles. The first-order chi connectivity index (χ1) is 9.20. The Hall–Kier alpha value is -1.09. The van der Waals surface area contributed by atoms with Gasteiger partial charge in [0, 0.05) is 12.6 Å². The lowest BCUT2D eigenvalue weighted by atomic mass is 10.2. The number of aliphatic hydroxyl groups excluding tert-OH is 1. The van der Waals surface area contributed by atoms with Gasteiger partial charge in [-0.25, -0.2) is 21.9 Å². The van der Waals surface area contributed by atoms with Crippen LogP contribution < -0.4 is 4.72 Å². The van der Waals surface area contributed by atoms with Crippen LogP contribution in [-0.2, 0) is 16.6 Å². The molecule has 1 atom stereocenters. The molecule has 1 unspecified atom stereocenters. The average Bonchev–Trinajstić information content (AvgIpc) is 2.36. The fourth-order valence-electron chi connectivity index (χ4n) is 1.42. The molecule has 0 aliphatic rings. The Morgan fingerprint density at radius 3 is 2.45 bits per heavy atom. The van der Waals surface area contributed by atoms with E-state index >= 15 is 0 Å². The zero-order valence-electron chi connectivity index (χ0n) is 11.5. The predicted octanol–water partition coefficient (Wildman–Crippen LogP) is 0.686. The summed E-state index contributed by atoms with van der Waals surface area (Å²) in [5.74, 6) is -2.25. The van der Waals surface area contributed by atoms with E-state index in [9.17, 15) is 17.2 Å². The summed E-state index contributed by atoms with van der Waals surface area (Å²) < 4.78 is 53.3. The van der Waals surface area contributed by atoms with Gasteiger partial charge in [-0.1, -0.05) is 0 Å². The van der Waals surface area contributed by atoms with E-state index in [-0.39, 0.29) is 12.6 Å². The fraction of sp³-hybridized carbons (Fsp3) is 0.500. The number of benzene rings is 1. The molecule has 0 spiro atoms. The maximum atomic E-state index is 13.9. The molecular formula is C12H18F2N2O3S. The van der Waals surface area contributed by atoms with Gasteiger partial charge < -0.3 is 10.0 Å². The molecule has 0 saturated carbocycles. The van der Waals surface area contributed by atoms with Gasteiger partial charge in [-0.3, -0.25) is 0 Å². The van der Waals surface area contributed by atoms with Crippen molar-refractivity contribution < 1.29 is 22.3 Å². The van der Waals surface area contributed by atoms with Crippen molar-refractivity contribution in [1.82, 2.24) is 9.62 Å². The molecule has 1 rings (SSSR count). The summed E-state index contributed by atoms with van der Waals surface area (Å²) in [5, 5.41) is 8.88. The molecule has 0 fully saturated rings. The monoisotopic (exact) mass is 308 g/mol. The Morgan fingerprint density at radius 2 is 1.95 bits per heavy atom. The van der Waals surface area contributed by atoms with E-state index in [1.54, 1.807) is 25.9 Å². The van der Waals surface area contributed by atoms with Crippen LogP contribution in [0.25, 0.3) is 0 Å². The molecule has 2 N–H and O–H groups in total. The van der Waals surface area contributed by atoms with Crippen molar-refractivity contribution >= 4 is 10.0 Å². The lowest BCUT2D eigenvalue weighted by Gasteiger charge is -2.20. The van der Waals surface area contributed by atoms with E-state index in [1.807, 2.05) is 0 Å². The molecule has 5 nitrogen and oxygen atoms in total. The van der Waals surface area contributed by atoms with E-state index in [4.69, 9.17) is 5.11 Å². The number of likely N-dealkylation sites (N-methyl/N-ethyl adjacent to an activating group) is 1. The van der Waals surface area contributed by atoms with E-state index in [0.717, 1.165) is 12.1 Å². The topological polar surface area (TPSA) is 69.6 Å². The van der Waals surface area contributed by atoms with Gasteiger partial charge in [0.2, 0.25) is 10.0 Å². The van der Waals surface area contributed by atoms with E-state index in [1.165, 1.54) is 0 Å². The zero-order chi connectivity index (χ0) is 15.5. The van der Waals surface area contributed by atoms with Crippen molar-refractivity contribution in [3.63, 3.8) is 0 Å². The van der Waals surface area contributed by atoms with Crippen LogP contribution in [0.5, 0.6) is 0 Å². The van der Waals surface area contributed by atoms with Crippen LogP contribution in [-0.4, -0.2) is 45.1 Å². The van der Waals surface area contributed by atoms with Crippen LogP contribution in [0, 0.1) is 11.6 Å². The molecular weight excluding hydrogens is 290 g/mol. The van der Waals surface area contributed by atoms with E-state index in [0.29, 0.717) is 0 Å². The second-order valence-corrected chi connectivity index (χ2v) is 6.40. The summed E-state index contributed by atoms with van der Waals surface area (Å²) in [6.07, 6.45) is 0. The number of rotatable bonds is 6. The highest BCUT2D eigenvalue weighted by Gasteiger charge is 2.23. The first kappa shape index (κ1) is 17.0. The maximum absolute atomic E-state index is 13.9. The minimum absolute atomic E-state index is 0.0839. The van der Waals surface area contributed by atoms with Crippen molar-refractivity contribution in [3.8, 4) is 0 Å². The minimum atomic E-state index is -4.10. The number of halogens is 2. The van der Waals surface area contributed by atoms with Crippen LogP contribution >= 0.6 is 0 Å². The van der Waals surface area contributed by atoms with E-state index in [2.05, 4.69) is 4.72 Å². The summed E-state index contributed by atoms with van der Waals surface area (Å²) >= 11 is 0. The van der Waals surface area contributed by atoms with Crippen molar-refractivity contribution in [2.24, 2.45) is 0 Å². The summed E-state index contributed by atoms with van der Waals surface area (Å²) in [6, 6.07) is 1.57. The van der Waals surface area contributed by atoms with Crippen LogP contribution in [0.1, 0.15) is 12.5 Å². The number of aliphatic hydroxyl groups is 1. The summed E-state index contributed by atoms with van der Waals surface area (Å²) in [5.41, 5.74) is -0.659. The fourth-order valence-corrected chi connectivity index (χ4v) is 2.64. The van der Waals surface area contributed by atoms with Gasteiger partial charge in [-0.2, -0.15) is 0 Å². The first-order valence-corrected chi connectivity index (χ1v) is 7.42. The van der Waals surface area contributed by atoms with Crippen molar-refractivity contribution in [3.05, 3.63) is 29.3 Å². The summed E-state index contributed by atoms with van der Waals surface area (Å²) in [6.45, 7) is 0.971. The Kier molecular flexibility index (Phi) is 5.58. The molecule has 0 aliphatic carbocycles. The molecule has 0 bridgehead atoms. The smallest absolute Gasteiger partial charge is 0.243 e. The lowest BCUT2D eigenvalue weighted by Crippen LogP contribution is -2.38. The van der Waals surface area contributed by atoms with E-state index < -0.39 is 38.7 Å². The molecule has 1 aromatic rings. The first-order valence-electron chi connectivity index (χ1n) is 5.94. The average molecular weight is 308 g/mol. The second kappa shape index (κ2) is 6.57. The Balaban J connectivity index is 3.05. The molecule has 0 amide bonds. The quantitative estimate of drug-likeness (QED) is 0.811. The normalized spacial score (nSPS) is 13.8. The van der Waals surface area contributed by atoms with Crippen LogP contribution in [0.4, 0.5) is 8.78 Å². The molecule has 0 aromatic heterocycles. The second-order valence-electron chi connectivity index (χ2n) is 4.66. The van der Waals surface area contributed by atoms with Crippen molar-refractivity contribution in [1.29, 1.82) is 0 Å². The lowest BCUT2D eigenvalue weighted by molar-refractivity contribution is 0.267. The Morgan fingerprint density at radius 1 is 1.35 bits per heavy atom. The minimum Gasteiger partial charge on any atom is -0.391 e. The molecule has 0 saturated heterocycles. The third-order valence-corrected chi connectivity index (χ3v) is 4.49. The maximum Gasteiger partial charge on any atom is 0.243 e. The number of hydrogen-bond acceptors (Lipinski definition) is 4. The molecule has 0 aliphatic heterocycles. The molecule has 20 heavy (non-hydrogen) atoms. The Labute approximate surface area is 117 Å². The van der Waals surface area contributed by atoms with Gasteiger partial charge in [0.05, 0.1) is 12.2 Å². The molecule has 8 heteroatoms. The highest BCUT2D eigenvalue weighted by Crippen LogP contribution is 2.21. The number of sulfonamides is 1. The van der Waals surface area contributed by atoms with Gasteiger partial charge >= 0.3 is 0 Å².